The molecule has 2 saturated heterocycles. The smallest absolute Gasteiger partial charge is 0.0727 e. The molecular weight excluding hydrogens is 190 g/mol. The molecule has 0 aromatic carbocycles. The maximum absolute atomic E-state index is 10.7. The van der Waals surface area contributed by atoms with E-state index in [9.17, 15) is 5.11 Å². The van der Waals surface area contributed by atoms with Crippen LogP contribution in [-0.4, -0.2) is 48.0 Å². The Bertz CT molecular complexity index is 232. The van der Waals surface area contributed by atoms with E-state index in [-0.39, 0.29) is 5.41 Å². The summed E-state index contributed by atoms with van der Waals surface area (Å²) >= 11 is 0. The highest BCUT2D eigenvalue weighted by molar-refractivity contribution is 5.03. The number of aliphatic hydroxyl groups is 1. The fourth-order valence-corrected chi connectivity index (χ4v) is 2.75. The van der Waals surface area contributed by atoms with Gasteiger partial charge in [0, 0.05) is 12.1 Å². The third-order valence-corrected chi connectivity index (χ3v) is 4.32. The van der Waals surface area contributed by atoms with Crippen LogP contribution >= 0.6 is 0 Å². The SMILES string of the molecule is CN1C2COCC1CC(O)(C(C)(C)C)C2. The molecule has 0 aromatic rings. The number of morpholine rings is 1. The average molecular weight is 213 g/mol. The number of ether oxygens (including phenoxy) is 1. The highest BCUT2D eigenvalue weighted by Crippen LogP contribution is 2.43. The Kier molecular flexibility index (Phi) is 2.61. The monoisotopic (exact) mass is 213 g/mol. The molecule has 3 nitrogen and oxygen atoms in total. The van der Waals surface area contributed by atoms with Crippen molar-refractivity contribution in [3.63, 3.8) is 0 Å². The van der Waals surface area contributed by atoms with E-state index >= 15 is 0 Å². The van der Waals surface area contributed by atoms with E-state index in [2.05, 4.69) is 32.7 Å². The first-order valence-electron chi connectivity index (χ1n) is 5.85. The van der Waals surface area contributed by atoms with Gasteiger partial charge in [-0.25, -0.2) is 0 Å². The molecule has 2 rings (SSSR count). The molecular formula is C12H23NO2. The Balaban J connectivity index is 2.20. The normalized spacial score (nSPS) is 43.0. The maximum atomic E-state index is 10.7. The predicted octanol–water partition coefficient (Wildman–Crippen LogP) is 1.26. The zero-order chi connectivity index (χ0) is 11.3. The van der Waals surface area contributed by atoms with Gasteiger partial charge in [0.05, 0.1) is 18.8 Å². The van der Waals surface area contributed by atoms with Crippen molar-refractivity contribution < 1.29 is 9.84 Å². The van der Waals surface area contributed by atoms with Gasteiger partial charge in [0.2, 0.25) is 0 Å². The zero-order valence-corrected chi connectivity index (χ0v) is 10.3. The van der Waals surface area contributed by atoms with Crippen molar-refractivity contribution >= 4 is 0 Å². The minimum atomic E-state index is -0.529. The van der Waals surface area contributed by atoms with Crippen LogP contribution < -0.4 is 0 Å². The molecule has 0 amide bonds. The summed E-state index contributed by atoms with van der Waals surface area (Å²) in [6.45, 7) is 7.94. The highest BCUT2D eigenvalue weighted by atomic mass is 16.5. The number of piperidine rings is 1. The second kappa shape index (κ2) is 3.44. The molecule has 2 bridgehead atoms. The van der Waals surface area contributed by atoms with Crippen LogP contribution in [0.4, 0.5) is 0 Å². The molecule has 2 fully saturated rings. The van der Waals surface area contributed by atoms with Crippen molar-refractivity contribution in [3.05, 3.63) is 0 Å². The number of fused-ring (bicyclic) bond motifs is 2. The molecule has 2 aliphatic rings. The number of likely N-dealkylation sites (N-methyl/N-ethyl adjacent to an activating group) is 1. The first-order valence-corrected chi connectivity index (χ1v) is 5.85. The van der Waals surface area contributed by atoms with E-state index in [1.54, 1.807) is 0 Å². The minimum absolute atomic E-state index is 0.0396. The van der Waals surface area contributed by atoms with Crippen molar-refractivity contribution in [1.29, 1.82) is 0 Å². The summed E-state index contributed by atoms with van der Waals surface area (Å²) in [5.74, 6) is 0. The van der Waals surface area contributed by atoms with Gasteiger partial charge in [-0.2, -0.15) is 0 Å². The van der Waals surface area contributed by atoms with Crippen molar-refractivity contribution in [2.45, 2.75) is 51.3 Å². The lowest BCUT2D eigenvalue weighted by Crippen LogP contribution is -2.63. The van der Waals surface area contributed by atoms with Gasteiger partial charge in [-0.3, -0.25) is 4.90 Å². The number of nitrogens with zero attached hydrogens (tertiary/aromatic N) is 1. The summed E-state index contributed by atoms with van der Waals surface area (Å²) in [6.07, 6.45) is 1.67. The predicted molar refractivity (Wildman–Crippen MR) is 59.8 cm³/mol. The molecule has 2 unspecified atom stereocenters. The molecule has 15 heavy (non-hydrogen) atoms. The van der Waals surface area contributed by atoms with Gasteiger partial charge in [-0.05, 0) is 25.3 Å². The summed E-state index contributed by atoms with van der Waals surface area (Å²) in [5.41, 5.74) is -0.569. The molecule has 3 heteroatoms. The van der Waals surface area contributed by atoms with E-state index < -0.39 is 5.60 Å². The van der Waals surface area contributed by atoms with Gasteiger partial charge >= 0.3 is 0 Å². The molecule has 88 valence electrons. The maximum Gasteiger partial charge on any atom is 0.0727 e. The summed E-state index contributed by atoms with van der Waals surface area (Å²) in [7, 11) is 2.15. The number of hydrogen-bond donors (Lipinski definition) is 1. The topological polar surface area (TPSA) is 32.7 Å². The van der Waals surface area contributed by atoms with Crippen molar-refractivity contribution in [1.82, 2.24) is 4.90 Å². The van der Waals surface area contributed by atoms with Gasteiger partial charge in [0.1, 0.15) is 0 Å². The van der Waals surface area contributed by atoms with Gasteiger partial charge < -0.3 is 9.84 Å². The molecule has 2 aliphatic heterocycles. The molecule has 0 spiro atoms. The van der Waals surface area contributed by atoms with E-state index in [1.807, 2.05) is 0 Å². The zero-order valence-electron chi connectivity index (χ0n) is 10.3. The summed E-state index contributed by atoms with van der Waals surface area (Å²) in [5, 5.41) is 10.7. The lowest BCUT2D eigenvalue weighted by Gasteiger charge is -2.54. The van der Waals surface area contributed by atoms with Crippen LogP contribution in [0.15, 0.2) is 0 Å². The fourth-order valence-electron chi connectivity index (χ4n) is 2.75. The van der Waals surface area contributed by atoms with Crippen LogP contribution in [0.1, 0.15) is 33.6 Å². The first-order chi connectivity index (χ1) is 6.83. The van der Waals surface area contributed by atoms with E-state index in [4.69, 9.17) is 4.74 Å². The largest absolute Gasteiger partial charge is 0.389 e. The molecule has 0 radical (unpaired) electrons. The van der Waals surface area contributed by atoms with Crippen LogP contribution in [0.5, 0.6) is 0 Å². The van der Waals surface area contributed by atoms with Gasteiger partial charge in [-0.1, -0.05) is 20.8 Å². The highest BCUT2D eigenvalue weighted by Gasteiger charge is 2.50. The lowest BCUT2D eigenvalue weighted by molar-refractivity contribution is -0.171. The quantitative estimate of drug-likeness (QED) is 0.657. The Morgan fingerprint density at radius 3 is 2.07 bits per heavy atom. The fraction of sp³-hybridized carbons (Fsp3) is 1.00. The van der Waals surface area contributed by atoms with Crippen LogP contribution in [-0.2, 0) is 4.74 Å². The average Bonchev–Trinajstić information content (AvgIpc) is 2.05. The van der Waals surface area contributed by atoms with Crippen LogP contribution in [0.3, 0.4) is 0 Å². The summed E-state index contributed by atoms with van der Waals surface area (Å²) in [6, 6.07) is 0.781. The third kappa shape index (κ3) is 1.81. The first kappa shape index (κ1) is 11.4. The molecule has 1 N–H and O–H groups in total. The van der Waals surface area contributed by atoms with E-state index in [0.717, 1.165) is 26.1 Å². The molecule has 0 aromatic heterocycles. The number of rotatable bonds is 0. The van der Waals surface area contributed by atoms with Crippen molar-refractivity contribution in [3.8, 4) is 0 Å². The van der Waals surface area contributed by atoms with Gasteiger partial charge in [-0.15, -0.1) is 0 Å². The van der Waals surface area contributed by atoms with E-state index in [1.165, 1.54) is 0 Å². The summed E-state index contributed by atoms with van der Waals surface area (Å²) < 4.78 is 5.56. The number of hydrogen-bond acceptors (Lipinski definition) is 3. The Morgan fingerprint density at radius 1 is 1.20 bits per heavy atom. The van der Waals surface area contributed by atoms with Crippen molar-refractivity contribution in [2.75, 3.05) is 20.3 Å². The molecule has 0 saturated carbocycles. The Labute approximate surface area is 92.4 Å². The van der Waals surface area contributed by atoms with E-state index in [0.29, 0.717) is 12.1 Å². The molecule has 2 heterocycles. The van der Waals surface area contributed by atoms with Crippen LogP contribution in [0, 0.1) is 5.41 Å². The van der Waals surface area contributed by atoms with Gasteiger partial charge in [0.15, 0.2) is 0 Å². The standard InChI is InChI=1S/C12H23NO2/c1-11(2,3)12(14)5-9-7-15-8-10(6-12)13(9)4/h9-10,14H,5-8H2,1-4H3. The third-order valence-electron chi connectivity index (χ3n) is 4.32. The van der Waals surface area contributed by atoms with Gasteiger partial charge in [0.25, 0.3) is 0 Å². The van der Waals surface area contributed by atoms with Crippen molar-refractivity contribution in [2.24, 2.45) is 5.41 Å². The molecule has 0 aliphatic carbocycles. The second-order valence-corrected chi connectivity index (χ2v) is 6.20. The second-order valence-electron chi connectivity index (χ2n) is 6.20. The molecule has 2 atom stereocenters. The van der Waals surface area contributed by atoms with Crippen LogP contribution in [0.25, 0.3) is 0 Å². The minimum Gasteiger partial charge on any atom is -0.389 e. The van der Waals surface area contributed by atoms with Crippen LogP contribution in [0.2, 0.25) is 0 Å². The summed E-state index contributed by atoms with van der Waals surface area (Å²) in [4.78, 5) is 2.38. The Hall–Kier alpha value is -0.120. The lowest BCUT2D eigenvalue weighted by atomic mass is 9.67. The Morgan fingerprint density at radius 2 is 1.67 bits per heavy atom.